The first kappa shape index (κ1) is 14.3. The van der Waals surface area contributed by atoms with Gasteiger partial charge in [-0.05, 0) is 19.9 Å². The van der Waals surface area contributed by atoms with Gasteiger partial charge in [0.1, 0.15) is 12.9 Å². The van der Waals surface area contributed by atoms with Gasteiger partial charge in [0.15, 0.2) is 0 Å². The fraction of sp³-hybridized carbons (Fsp3) is 0.500. The normalized spacial score (nSPS) is 12.2. The third-order valence-corrected chi connectivity index (χ3v) is 2.17. The molecule has 0 aromatic heterocycles. The topological polar surface area (TPSA) is 73.2 Å². The molecule has 0 saturated carbocycles. The Bertz CT molecular complexity index is 302. The van der Waals surface area contributed by atoms with Crippen LogP contribution in [0.5, 0.6) is 0 Å². The number of aliphatic hydroxyl groups is 1. The van der Waals surface area contributed by atoms with E-state index < -0.39 is 18.9 Å². The summed E-state index contributed by atoms with van der Waals surface area (Å²) in [6.45, 7) is 6.04. The molecule has 1 N–H and O–H groups in total. The highest BCUT2D eigenvalue weighted by molar-refractivity contribution is 5.88. The van der Waals surface area contributed by atoms with Crippen molar-refractivity contribution in [2.24, 2.45) is 4.99 Å². The molecule has 0 saturated heterocycles. The summed E-state index contributed by atoms with van der Waals surface area (Å²) in [7, 11) is 1.51. The number of nitrogens with zero attached hydrogens (tertiary/aromatic N) is 3. The molecule has 0 aliphatic heterocycles. The smallest absolute Gasteiger partial charge is 0.346 e. The van der Waals surface area contributed by atoms with E-state index in [1.54, 1.807) is 13.8 Å². The van der Waals surface area contributed by atoms with Crippen molar-refractivity contribution in [1.82, 2.24) is 9.80 Å². The predicted molar refractivity (Wildman–Crippen MR) is 60.9 cm³/mol. The zero-order chi connectivity index (χ0) is 12.7. The summed E-state index contributed by atoms with van der Waals surface area (Å²) in [4.78, 5) is 28.6. The van der Waals surface area contributed by atoms with Gasteiger partial charge in [0.25, 0.3) is 0 Å². The Hall–Kier alpha value is -1.69. The number of hydrogen-bond acceptors (Lipinski definition) is 3. The molecule has 6 nitrogen and oxygen atoms in total. The summed E-state index contributed by atoms with van der Waals surface area (Å²) in [6, 6.07) is -0.596. The molecule has 0 bridgehead atoms. The minimum atomic E-state index is -0.596. The fourth-order valence-corrected chi connectivity index (χ4v) is 1.06. The van der Waals surface area contributed by atoms with Gasteiger partial charge in [-0.25, -0.2) is 9.79 Å². The van der Waals surface area contributed by atoms with Gasteiger partial charge in [0.05, 0.1) is 0 Å². The molecule has 0 spiro atoms. The molecule has 3 amide bonds. The van der Waals surface area contributed by atoms with Crippen LogP contribution in [0.2, 0.25) is 0 Å². The molecule has 6 heteroatoms. The van der Waals surface area contributed by atoms with E-state index in [0.29, 0.717) is 0 Å². The summed E-state index contributed by atoms with van der Waals surface area (Å²) >= 11 is 0. The minimum absolute atomic E-state index is 0.334. The molecule has 0 aromatic rings. The molecule has 16 heavy (non-hydrogen) atoms. The van der Waals surface area contributed by atoms with Gasteiger partial charge >= 0.3 is 6.03 Å². The summed E-state index contributed by atoms with van der Waals surface area (Å²) in [5, 5.41) is 9.06. The second kappa shape index (κ2) is 6.73. The Morgan fingerprint density at radius 3 is 2.50 bits per heavy atom. The maximum Gasteiger partial charge on any atom is 0.346 e. The molecule has 0 heterocycles. The molecular weight excluding hydrogens is 210 g/mol. The van der Waals surface area contributed by atoms with Crippen molar-refractivity contribution in [2.45, 2.75) is 20.0 Å². The molecule has 90 valence electrons. The van der Waals surface area contributed by atoms with Crippen LogP contribution >= 0.6 is 0 Å². The molecule has 0 radical (unpaired) electrons. The second-order valence-corrected chi connectivity index (χ2v) is 3.07. The van der Waals surface area contributed by atoms with Crippen LogP contribution < -0.4 is 0 Å². The van der Waals surface area contributed by atoms with Crippen molar-refractivity contribution in [3.8, 4) is 0 Å². The van der Waals surface area contributed by atoms with Gasteiger partial charge in [-0.2, -0.15) is 0 Å². The summed E-state index contributed by atoms with van der Waals surface area (Å²) in [5.41, 5.74) is 0. The first-order chi connectivity index (χ1) is 7.49. The number of urea groups is 1. The monoisotopic (exact) mass is 227 g/mol. The summed E-state index contributed by atoms with van der Waals surface area (Å²) < 4.78 is 0. The van der Waals surface area contributed by atoms with E-state index in [1.165, 1.54) is 18.2 Å². The van der Waals surface area contributed by atoms with E-state index in [1.807, 2.05) is 0 Å². The highest BCUT2D eigenvalue weighted by Crippen LogP contribution is 2.05. The van der Waals surface area contributed by atoms with Crippen LogP contribution in [-0.4, -0.2) is 53.0 Å². The third kappa shape index (κ3) is 3.47. The predicted octanol–water partition coefficient (Wildman–Crippen LogP) is 0.439. The summed E-state index contributed by atoms with van der Waals surface area (Å²) in [6.07, 6.45) is 1.87. The molecule has 0 fully saturated rings. The first-order valence-electron chi connectivity index (χ1n) is 4.78. The van der Waals surface area contributed by atoms with Crippen LogP contribution in [0.25, 0.3) is 0 Å². The van der Waals surface area contributed by atoms with Gasteiger partial charge in [-0.1, -0.05) is 6.58 Å². The number of carbonyl (C=O) groups is 2. The molecule has 1 atom stereocenters. The standard InChI is InChI=1S/C10H17N3O3/c1-5-9(15)12(4)8(3)13(7-14)10(16)11-6-2/h5-6,8,14H,1,7H2,2-4H3. The largest absolute Gasteiger partial charge is 0.376 e. The maximum atomic E-state index is 11.4. The van der Waals surface area contributed by atoms with E-state index in [0.717, 1.165) is 11.0 Å². The van der Waals surface area contributed by atoms with Gasteiger partial charge in [-0.3, -0.25) is 9.69 Å². The number of hydrogen-bond donors (Lipinski definition) is 1. The highest BCUT2D eigenvalue weighted by atomic mass is 16.3. The Morgan fingerprint density at radius 1 is 1.56 bits per heavy atom. The van der Waals surface area contributed by atoms with Crippen molar-refractivity contribution in [3.05, 3.63) is 12.7 Å². The Morgan fingerprint density at radius 2 is 2.12 bits per heavy atom. The quantitative estimate of drug-likeness (QED) is 0.430. The van der Waals surface area contributed by atoms with Crippen molar-refractivity contribution in [1.29, 1.82) is 0 Å². The SMILES string of the molecule is C=CC(=O)N(C)C(C)N(CO)C(=O)N=CC. The molecular formula is C10H17N3O3. The zero-order valence-corrected chi connectivity index (χ0v) is 9.75. The molecule has 0 aromatic carbocycles. The van der Waals surface area contributed by atoms with Crippen molar-refractivity contribution in [2.75, 3.05) is 13.8 Å². The van der Waals surface area contributed by atoms with Gasteiger partial charge in [0, 0.05) is 13.3 Å². The lowest BCUT2D eigenvalue weighted by atomic mass is 10.4. The molecule has 0 aliphatic carbocycles. The molecule has 0 aliphatic rings. The number of amides is 3. The fourth-order valence-electron chi connectivity index (χ4n) is 1.06. The van der Waals surface area contributed by atoms with Crippen molar-refractivity contribution in [3.63, 3.8) is 0 Å². The van der Waals surface area contributed by atoms with Crippen LogP contribution in [0.3, 0.4) is 0 Å². The maximum absolute atomic E-state index is 11.4. The Balaban J connectivity index is 4.76. The van der Waals surface area contributed by atoms with E-state index in [9.17, 15) is 9.59 Å². The lowest BCUT2D eigenvalue weighted by Gasteiger charge is -2.32. The molecule has 1 unspecified atom stereocenters. The number of aliphatic hydroxyl groups excluding tert-OH is 1. The second-order valence-electron chi connectivity index (χ2n) is 3.07. The first-order valence-corrected chi connectivity index (χ1v) is 4.78. The van der Waals surface area contributed by atoms with E-state index in [2.05, 4.69) is 11.6 Å². The summed E-state index contributed by atoms with van der Waals surface area (Å²) in [5.74, 6) is -0.334. The Kier molecular flexibility index (Phi) is 6.02. The Labute approximate surface area is 94.9 Å². The lowest BCUT2D eigenvalue weighted by molar-refractivity contribution is -0.129. The van der Waals surface area contributed by atoms with E-state index in [-0.39, 0.29) is 5.91 Å². The van der Waals surface area contributed by atoms with Gasteiger partial charge in [-0.15, -0.1) is 0 Å². The average molecular weight is 227 g/mol. The van der Waals surface area contributed by atoms with Crippen LogP contribution in [0.4, 0.5) is 4.79 Å². The lowest BCUT2D eigenvalue weighted by Crippen LogP contribution is -2.49. The zero-order valence-electron chi connectivity index (χ0n) is 9.75. The van der Waals surface area contributed by atoms with Gasteiger partial charge in [0.2, 0.25) is 5.91 Å². The van der Waals surface area contributed by atoms with Gasteiger partial charge < -0.3 is 10.0 Å². The van der Waals surface area contributed by atoms with Crippen LogP contribution in [0.1, 0.15) is 13.8 Å². The number of aliphatic imine (C=N–C) groups is 1. The average Bonchev–Trinajstić information content (AvgIpc) is 2.28. The molecule has 0 rings (SSSR count). The van der Waals surface area contributed by atoms with Crippen LogP contribution in [0.15, 0.2) is 17.6 Å². The number of carbonyl (C=O) groups excluding carboxylic acids is 2. The van der Waals surface area contributed by atoms with E-state index in [4.69, 9.17) is 5.11 Å². The van der Waals surface area contributed by atoms with Crippen molar-refractivity contribution >= 4 is 18.2 Å². The van der Waals surface area contributed by atoms with Crippen LogP contribution in [0, 0.1) is 0 Å². The minimum Gasteiger partial charge on any atom is -0.376 e. The van der Waals surface area contributed by atoms with Crippen LogP contribution in [-0.2, 0) is 4.79 Å². The number of likely N-dealkylation sites (N-methyl/N-ethyl adjacent to an activating group) is 1. The van der Waals surface area contributed by atoms with E-state index >= 15 is 0 Å². The third-order valence-electron chi connectivity index (χ3n) is 2.17. The highest BCUT2D eigenvalue weighted by Gasteiger charge is 2.23. The van der Waals surface area contributed by atoms with Crippen molar-refractivity contribution < 1.29 is 14.7 Å². The number of rotatable bonds is 4.